The van der Waals surface area contributed by atoms with E-state index in [1.165, 1.54) is 12.0 Å². The molecule has 0 radical (unpaired) electrons. The molecule has 1 heteroatoms. The highest BCUT2D eigenvalue weighted by atomic mass is 14.6. The third-order valence-electron chi connectivity index (χ3n) is 3.09. The quantitative estimate of drug-likeness (QED) is 0.687. The Balaban J connectivity index is 2.16. The second kappa shape index (κ2) is 3.06. The van der Waals surface area contributed by atoms with Gasteiger partial charge in [-0.1, -0.05) is 32.0 Å². The monoisotopic (exact) mass is 175 g/mol. The van der Waals surface area contributed by atoms with Gasteiger partial charge in [-0.15, -0.1) is 0 Å². The van der Waals surface area contributed by atoms with Gasteiger partial charge in [0.15, 0.2) is 0 Å². The molecule has 0 aromatic heterocycles. The molecular formula is C12H17N. The maximum absolute atomic E-state index is 5.92. The lowest BCUT2D eigenvalue weighted by molar-refractivity contribution is 0.549. The van der Waals surface area contributed by atoms with Crippen LogP contribution in [0.3, 0.4) is 0 Å². The van der Waals surface area contributed by atoms with Crippen LogP contribution in [0.1, 0.15) is 31.7 Å². The van der Waals surface area contributed by atoms with Gasteiger partial charge in [-0.3, -0.25) is 0 Å². The van der Waals surface area contributed by atoms with E-state index in [1.807, 2.05) is 12.1 Å². The number of para-hydroxylation sites is 1. The third-order valence-corrected chi connectivity index (χ3v) is 3.09. The number of benzene rings is 1. The second-order valence-electron chi connectivity index (χ2n) is 4.38. The zero-order chi connectivity index (χ0) is 9.42. The van der Waals surface area contributed by atoms with Gasteiger partial charge in [0.2, 0.25) is 0 Å². The molecule has 1 saturated carbocycles. The lowest BCUT2D eigenvalue weighted by Crippen LogP contribution is -1.96. The maximum Gasteiger partial charge on any atom is 0.0349 e. The summed E-state index contributed by atoms with van der Waals surface area (Å²) in [6.07, 6.45) is 1.33. The summed E-state index contributed by atoms with van der Waals surface area (Å²) in [4.78, 5) is 0. The molecule has 1 aromatic carbocycles. The maximum atomic E-state index is 5.92. The van der Waals surface area contributed by atoms with E-state index in [4.69, 9.17) is 5.73 Å². The Morgan fingerprint density at radius 1 is 1.31 bits per heavy atom. The van der Waals surface area contributed by atoms with E-state index in [9.17, 15) is 0 Å². The molecule has 2 rings (SSSR count). The fourth-order valence-corrected chi connectivity index (χ4v) is 2.16. The first kappa shape index (κ1) is 8.61. The number of nitrogens with two attached hydrogens (primary N) is 1. The summed E-state index contributed by atoms with van der Waals surface area (Å²) in [7, 11) is 0. The van der Waals surface area contributed by atoms with E-state index >= 15 is 0 Å². The van der Waals surface area contributed by atoms with E-state index < -0.39 is 0 Å². The lowest BCUT2D eigenvalue weighted by Gasteiger charge is -2.06. The molecule has 2 N–H and O–H groups in total. The molecule has 0 bridgehead atoms. The summed E-state index contributed by atoms with van der Waals surface area (Å²) in [5, 5.41) is 0. The fraction of sp³-hybridized carbons (Fsp3) is 0.500. The summed E-state index contributed by atoms with van der Waals surface area (Å²) in [6, 6.07) is 8.26. The van der Waals surface area contributed by atoms with Crippen LogP contribution < -0.4 is 5.73 Å². The van der Waals surface area contributed by atoms with Crippen molar-refractivity contribution in [3.05, 3.63) is 29.8 Å². The minimum absolute atomic E-state index is 0.737. The zero-order valence-electron chi connectivity index (χ0n) is 8.33. The van der Waals surface area contributed by atoms with Gasteiger partial charge in [-0.05, 0) is 35.8 Å². The second-order valence-corrected chi connectivity index (χ2v) is 4.38. The summed E-state index contributed by atoms with van der Waals surface area (Å²) in [5.74, 6) is 2.40. The van der Waals surface area contributed by atoms with Gasteiger partial charge in [-0.2, -0.15) is 0 Å². The molecule has 1 aromatic rings. The highest BCUT2D eigenvalue weighted by Crippen LogP contribution is 2.52. The van der Waals surface area contributed by atoms with Crippen LogP contribution in [0.4, 0.5) is 5.69 Å². The zero-order valence-corrected chi connectivity index (χ0v) is 8.33. The van der Waals surface area contributed by atoms with Gasteiger partial charge in [0, 0.05) is 5.69 Å². The van der Waals surface area contributed by atoms with Gasteiger partial charge in [0.1, 0.15) is 0 Å². The number of hydrogen-bond acceptors (Lipinski definition) is 1. The molecule has 1 nitrogen and oxygen atoms in total. The predicted molar refractivity (Wildman–Crippen MR) is 56.5 cm³/mol. The molecule has 2 atom stereocenters. The smallest absolute Gasteiger partial charge is 0.0349 e. The number of nitrogen functional groups attached to an aromatic ring is 1. The molecule has 13 heavy (non-hydrogen) atoms. The van der Waals surface area contributed by atoms with Crippen LogP contribution in [0.5, 0.6) is 0 Å². The van der Waals surface area contributed by atoms with Gasteiger partial charge in [0.25, 0.3) is 0 Å². The van der Waals surface area contributed by atoms with Crippen molar-refractivity contribution in [2.75, 3.05) is 5.73 Å². The fourth-order valence-electron chi connectivity index (χ4n) is 2.16. The summed E-state index contributed by atoms with van der Waals surface area (Å²) in [6.45, 7) is 4.59. The van der Waals surface area contributed by atoms with Gasteiger partial charge in [-0.25, -0.2) is 0 Å². The van der Waals surface area contributed by atoms with Crippen molar-refractivity contribution in [3.8, 4) is 0 Å². The summed E-state index contributed by atoms with van der Waals surface area (Å²) in [5.41, 5.74) is 8.25. The minimum atomic E-state index is 0.737. The average Bonchev–Trinajstić information content (AvgIpc) is 2.84. The van der Waals surface area contributed by atoms with E-state index in [2.05, 4.69) is 26.0 Å². The molecule has 70 valence electrons. The molecule has 1 aliphatic carbocycles. The van der Waals surface area contributed by atoms with Gasteiger partial charge >= 0.3 is 0 Å². The number of rotatable bonds is 2. The number of anilines is 1. The first-order chi connectivity index (χ1) is 6.20. The van der Waals surface area contributed by atoms with Crippen LogP contribution in [0, 0.1) is 11.8 Å². The summed E-state index contributed by atoms with van der Waals surface area (Å²) < 4.78 is 0. The van der Waals surface area contributed by atoms with Crippen molar-refractivity contribution in [3.63, 3.8) is 0 Å². The minimum Gasteiger partial charge on any atom is -0.398 e. The highest BCUT2D eigenvalue weighted by molar-refractivity contribution is 5.50. The first-order valence-corrected chi connectivity index (χ1v) is 5.04. The molecule has 0 heterocycles. The molecule has 0 spiro atoms. The van der Waals surface area contributed by atoms with Crippen molar-refractivity contribution >= 4 is 5.69 Å². The highest BCUT2D eigenvalue weighted by Gasteiger charge is 2.40. The average molecular weight is 175 g/mol. The van der Waals surface area contributed by atoms with E-state index in [0.29, 0.717) is 0 Å². The largest absolute Gasteiger partial charge is 0.398 e. The predicted octanol–water partition coefficient (Wildman–Crippen LogP) is 3.03. The lowest BCUT2D eigenvalue weighted by atomic mass is 10.0. The van der Waals surface area contributed by atoms with E-state index in [1.54, 1.807) is 0 Å². The SMILES string of the molecule is CC(C)[C@@H]1C[C@@H]1c1ccccc1N. The topological polar surface area (TPSA) is 26.0 Å². The Labute approximate surface area is 80.0 Å². The van der Waals surface area contributed by atoms with Crippen LogP contribution in [0.15, 0.2) is 24.3 Å². The standard InChI is InChI=1S/C12H17N/c1-8(2)10-7-11(10)9-5-3-4-6-12(9)13/h3-6,8,10-11H,7,13H2,1-2H3/t10-,11+/m0/s1. The molecule has 0 amide bonds. The molecule has 0 unspecified atom stereocenters. The van der Waals surface area contributed by atoms with Gasteiger partial charge < -0.3 is 5.73 Å². The van der Waals surface area contributed by atoms with Crippen LogP contribution >= 0.6 is 0 Å². The van der Waals surface area contributed by atoms with Crippen molar-refractivity contribution in [1.82, 2.24) is 0 Å². The Morgan fingerprint density at radius 3 is 2.54 bits per heavy atom. The van der Waals surface area contributed by atoms with Crippen molar-refractivity contribution < 1.29 is 0 Å². The Kier molecular flexibility index (Phi) is 2.03. The summed E-state index contributed by atoms with van der Waals surface area (Å²) >= 11 is 0. The van der Waals surface area contributed by atoms with Crippen LogP contribution in [0.25, 0.3) is 0 Å². The van der Waals surface area contributed by atoms with Crippen LogP contribution in [-0.2, 0) is 0 Å². The van der Waals surface area contributed by atoms with Gasteiger partial charge in [0.05, 0.1) is 0 Å². The molecule has 1 aliphatic rings. The Bertz CT molecular complexity index is 304. The Morgan fingerprint density at radius 2 is 2.00 bits per heavy atom. The van der Waals surface area contributed by atoms with Crippen molar-refractivity contribution in [2.24, 2.45) is 11.8 Å². The van der Waals surface area contributed by atoms with E-state index in [-0.39, 0.29) is 0 Å². The molecular weight excluding hydrogens is 158 g/mol. The third kappa shape index (κ3) is 1.55. The normalized spacial score (nSPS) is 26.4. The molecule has 1 fully saturated rings. The van der Waals surface area contributed by atoms with Crippen LogP contribution in [0.2, 0.25) is 0 Å². The van der Waals surface area contributed by atoms with Crippen molar-refractivity contribution in [2.45, 2.75) is 26.2 Å². The number of hydrogen-bond donors (Lipinski definition) is 1. The Hall–Kier alpha value is -0.980. The van der Waals surface area contributed by atoms with Crippen LogP contribution in [-0.4, -0.2) is 0 Å². The van der Waals surface area contributed by atoms with Crippen molar-refractivity contribution in [1.29, 1.82) is 0 Å². The van der Waals surface area contributed by atoms with E-state index in [0.717, 1.165) is 23.4 Å². The first-order valence-electron chi connectivity index (χ1n) is 5.04. The molecule has 0 saturated heterocycles. The molecule has 0 aliphatic heterocycles.